The number of anilines is 2. The molecule has 9 heteroatoms. The van der Waals surface area contributed by atoms with E-state index in [4.69, 9.17) is 14.1 Å². The van der Waals surface area contributed by atoms with Crippen molar-refractivity contribution in [1.29, 1.82) is 0 Å². The fourth-order valence-corrected chi connectivity index (χ4v) is 4.31. The van der Waals surface area contributed by atoms with Crippen molar-refractivity contribution in [2.45, 2.75) is 58.9 Å². The first-order valence-corrected chi connectivity index (χ1v) is 11.5. The third-order valence-electron chi connectivity index (χ3n) is 6.36. The first kappa shape index (κ1) is 21.8. The summed E-state index contributed by atoms with van der Waals surface area (Å²) in [6.07, 6.45) is 7.18. The predicted octanol–water partition coefficient (Wildman–Crippen LogP) is 3.19. The first-order chi connectivity index (χ1) is 15.1. The molecule has 9 nitrogen and oxygen atoms in total. The van der Waals surface area contributed by atoms with Gasteiger partial charge in [0.15, 0.2) is 0 Å². The van der Waals surface area contributed by atoms with Crippen molar-refractivity contribution in [3.63, 3.8) is 0 Å². The van der Waals surface area contributed by atoms with Gasteiger partial charge in [0.25, 0.3) is 0 Å². The van der Waals surface area contributed by atoms with E-state index >= 15 is 0 Å². The van der Waals surface area contributed by atoms with Crippen molar-refractivity contribution in [3.8, 4) is 6.01 Å². The van der Waals surface area contributed by atoms with Gasteiger partial charge in [0.05, 0.1) is 19.3 Å². The van der Waals surface area contributed by atoms with Crippen molar-refractivity contribution in [2.24, 2.45) is 5.92 Å². The second-order valence-corrected chi connectivity index (χ2v) is 8.70. The lowest BCUT2D eigenvalue weighted by atomic mass is 9.97. The van der Waals surface area contributed by atoms with Crippen LogP contribution in [-0.4, -0.2) is 64.7 Å². The van der Waals surface area contributed by atoms with E-state index in [1.165, 1.54) is 25.7 Å². The number of methoxy groups -OCH3 is 1. The van der Waals surface area contributed by atoms with Gasteiger partial charge in [-0.25, -0.2) is 4.98 Å². The Morgan fingerprint density at radius 1 is 0.968 bits per heavy atom. The van der Waals surface area contributed by atoms with Gasteiger partial charge >= 0.3 is 6.01 Å². The maximum atomic E-state index is 5.74. The van der Waals surface area contributed by atoms with Gasteiger partial charge in [-0.15, -0.1) is 0 Å². The van der Waals surface area contributed by atoms with Gasteiger partial charge in [0.2, 0.25) is 17.8 Å². The molecule has 2 aliphatic rings. The maximum absolute atomic E-state index is 5.74. The average molecular weight is 430 g/mol. The van der Waals surface area contributed by atoms with Crippen LogP contribution >= 0.6 is 0 Å². The number of ether oxygens (including phenoxy) is 1. The highest BCUT2D eigenvalue weighted by Gasteiger charge is 2.22. The minimum Gasteiger partial charge on any atom is -0.467 e. The third kappa shape index (κ3) is 5.84. The van der Waals surface area contributed by atoms with Crippen LogP contribution in [0.15, 0.2) is 4.42 Å². The maximum Gasteiger partial charge on any atom is 0.322 e. The fraction of sp³-hybridized carbons (Fsp3) is 0.727. The second kappa shape index (κ2) is 10.3. The average Bonchev–Trinajstić information content (AvgIpc) is 2.98. The largest absolute Gasteiger partial charge is 0.467 e. The Hall–Kier alpha value is -2.42. The molecule has 0 unspecified atom stereocenters. The van der Waals surface area contributed by atoms with Crippen LogP contribution in [0.5, 0.6) is 6.01 Å². The van der Waals surface area contributed by atoms with Gasteiger partial charge in [-0.3, -0.25) is 4.90 Å². The van der Waals surface area contributed by atoms with E-state index in [0.29, 0.717) is 17.9 Å². The summed E-state index contributed by atoms with van der Waals surface area (Å²) in [5.74, 6) is 3.67. The first-order valence-electron chi connectivity index (χ1n) is 11.5. The van der Waals surface area contributed by atoms with Crippen molar-refractivity contribution in [2.75, 3.05) is 50.1 Å². The highest BCUT2D eigenvalue weighted by molar-refractivity contribution is 5.38. The molecule has 170 valence electrons. The Morgan fingerprint density at radius 3 is 2.35 bits per heavy atom. The molecule has 2 aromatic rings. The summed E-state index contributed by atoms with van der Waals surface area (Å²) in [6.45, 7) is 9.70. The summed E-state index contributed by atoms with van der Waals surface area (Å²) in [5.41, 5.74) is 0.987. The van der Waals surface area contributed by atoms with Crippen LogP contribution in [-0.2, 0) is 6.54 Å². The highest BCUT2D eigenvalue weighted by Crippen LogP contribution is 2.22. The van der Waals surface area contributed by atoms with E-state index < -0.39 is 0 Å². The summed E-state index contributed by atoms with van der Waals surface area (Å²) < 4.78 is 11.1. The standard InChI is InChI=1S/C22H35N7O2/c1-16-17(2)31-19(24-16)15-28-12-8-18(9-13-28)14-23-20-25-21(27-22(26-20)30-3)29-10-6-4-5-7-11-29/h18H,4-15H2,1-3H3,(H,23,25,26,27). The minimum absolute atomic E-state index is 0.378. The Labute approximate surface area is 184 Å². The third-order valence-corrected chi connectivity index (χ3v) is 6.36. The normalized spacial score (nSPS) is 18.7. The van der Waals surface area contributed by atoms with Crippen LogP contribution in [0, 0.1) is 19.8 Å². The molecule has 4 rings (SSSR count). The van der Waals surface area contributed by atoms with Crippen LogP contribution in [0.3, 0.4) is 0 Å². The monoisotopic (exact) mass is 429 g/mol. The van der Waals surface area contributed by atoms with Crippen LogP contribution in [0.4, 0.5) is 11.9 Å². The van der Waals surface area contributed by atoms with Crippen molar-refractivity contribution >= 4 is 11.9 Å². The molecule has 1 N–H and O–H groups in total. The highest BCUT2D eigenvalue weighted by atomic mass is 16.5. The molecule has 0 saturated carbocycles. The Balaban J connectivity index is 1.29. The van der Waals surface area contributed by atoms with Gasteiger partial charge < -0.3 is 19.4 Å². The molecular weight excluding hydrogens is 394 g/mol. The lowest BCUT2D eigenvalue weighted by Gasteiger charge is -2.31. The van der Waals surface area contributed by atoms with E-state index in [1.807, 2.05) is 13.8 Å². The number of rotatable bonds is 7. The molecule has 0 aliphatic carbocycles. The van der Waals surface area contributed by atoms with Gasteiger partial charge in [-0.2, -0.15) is 15.0 Å². The predicted molar refractivity (Wildman–Crippen MR) is 120 cm³/mol. The topological polar surface area (TPSA) is 92.4 Å². The van der Waals surface area contributed by atoms with E-state index in [1.54, 1.807) is 7.11 Å². The molecule has 4 heterocycles. The Kier molecular flexibility index (Phi) is 7.21. The second-order valence-electron chi connectivity index (χ2n) is 8.70. The molecule has 2 saturated heterocycles. The molecule has 0 bridgehead atoms. The number of likely N-dealkylation sites (tertiary alicyclic amines) is 1. The minimum atomic E-state index is 0.378. The molecule has 0 spiro atoms. The molecule has 0 radical (unpaired) electrons. The van der Waals surface area contributed by atoms with Gasteiger partial charge in [-0.05, 0) is 58.5 Å². The van der Waals surface area contributed by atoms with Crippen molar-refractivity contribution in [3.05, 3.63) is 17.3 Å². The number of aryl methyl sites for hydroxylation is 2. The van der Waals surface area contributed by atoms with E-state index in [-0.39, 0.29) is 0 Å². The zero-order valence-corrected chi connectivity index (χ0v) is 19.1. The zero-order chi connectivity index (χ0) is 21.6. The Bertz CT molecular complexity index is 821. The van der Waals surface area contributed by atoms with Crippen LogP contribution < -0.4 is 15.0 Å². The molecule has 2 fully saturated rings. The number of hydrogen-bond donors (Lipinski definition) is 1. The van der Waals surface area contributed by atoms with Crippen LogP contribution in [0.25, 0.3) is 0 Å². The molecule has 0 atom stereocenters. The number of oxazole rings is 1. The number of nitrogens with one attached hydrogen (secondary N) is 1. The summed E-state index contributed by atoms with van der Waals surface area (Å²) in [6, 6.07) is 0.378. The molecule has 0 amide bonds. The Morgan fingerprint density at radius 2 is 1.71 bits per heavy atom. The van der Waals surface area contributed by atoms with E-state index in [0.717, 1.165) is 75.4 Å². The summed E-state index contributed by atoms with van der Waals surface area (Å²) in [7, 11) is 1.61. The lowest BCUT2D eigenvalue weighted by molar-refractivity contribution is 0.167. The van der Waals surface area contributed by atoms with Crippen LogP contribution in [0.1, 0.15) is 55.9 Å². The quantitative estimate of drug-likeness (QED) is 0.712. The molecule has 0 aromatic carbocycles. The van der Waals surface area contributed by atoms with Gasteiger partial charge in [0, 0.05) is 19.6 Å². The van der Waals surface area contributed by atoms with Crippen molar-refractivity contribution in [1.82, 2.24) is 24.8 Å². The number of aromatic nitrogens is 4. The number of hydrogen-bond acceptors (Lipinski definition) is 9. The summed E-state index contributed by atoms with van der Waals surface area (Å²) in [5, 5.41) is 3.44. The lowest BCUT2D eigenvalue weighted by Crippen LogP contribution is -2.35. The molecule has 2 aromatic heterocycles. The fourth-order valence-electron chi connectivity index (χ4n) is 4.31. The van der Waals surface area contributed by atoms with Crippen LogP contribution in [0.2, 0.25) is 0 Å². The van der Waals surface area contributed by atoms with Gasteiger partial charge in [0.1, 0.15) is 5.76 Å². The molecule has 31 heavy (non-hydrogen) atoms. The summed E-state index contributed by atoms with van der Waals surface area (Å²) >= 11 is 0. The van der Waals surface area contributed by atoms with E-state index in [9.17, 15) is 0 Å². The number of nitrogens with zero attached hydrogens (tertiary/aromatic N) is 6. The molecule has 2 aliphatic heterocycles. The zero-order valence-electron chi connectivity index (χ0n) is 19.1. The SMILES string of the molecule is COc1nc(NCC2CCN(Cc3nc(C)c(C)o3)CC2)nc(N2CCCCCC2)n1. The van der Waals surface area contributed by atoms with Gasteiger partial charge in [-0.1, -0.05) is 12.8 Å². The molecular formula is C22H35N7O2. The summed E-state index contributed by atoms with van der Waals surface area (Å²) in [4.78, 5) is 22.8. The number of piperidine rings is 1. The smallest absolute Gasteiger partial charge is 0.322 e. The van der Waals surface area contributed by atoms with E-state index in [2.05, 4.69) is 30.1 Å². The van der Waals surface area contributed by atoms with Crippen molar-refractivity contribution < 1.29 is 9.15 Å².